The van der Waals surface area contributed by atoms with Gasteiger partial charge in [0.15, 0.2) is 0 Å². The lowest BCUT2D eigenvalue weighted by atomic mass is 9.95. The molecule has 2 rings (SSSR count). The van der Waals surface area contributed by atoms with Crippen molar-refractivity contribution in [2.75, 3.05) is 0 Å². The van der Waals surface area contributed by atoms with Crippen molar-refractivity contribution in [3.8, 4) is 5.88 Å². The Morgan fingerprint density at radius 2 is 1.96 bits per heavy atom. The number of hydrogen-bond donors (Lipinski definition) is 3. The molecule has 3 N–H and O–H groups in total. The largest absolute Gasteiger partial charge is 0.494 e. The number of aromatic nitrogens is 2. The fourth-order valence-electron chi connectivity index (χ4n) is 3.31. The molecule has 0 radical (unpaired) electrons. The van der Waals surface area contributed by atoms with Gasteiger partial charge < -0.3 is 5.11 Å². The molecule has 26 heavy (non-hydrogen) atoms. The van der Waals surface area contributed by atoms with Crippen LogP contribution in [0.1, 0.15) is 83.2 Å². The Labute approximate surface area is 152 Å². The third-order valence-electron chi connectivity index (χ3n) is 4.75. The first-order chi connectivity index (χ1) is 12.5. The van der Waals surface area contributed by atoms with Gasteiger partial charge in [-0.25, -0.2) is 10.2 Å². The quantitative estimate of drug-likeness (QED) is 0.508. The molecule has 0 unspecified atom stereocenters. The van der Waals surface area contributed by atoms with Crippen molar-refractivity contribution >= 4 is 11.6 Å². The molecule has 0 saturated heterocycles. The Morgan fingerprint density at radius 1 is 1.27 bits per heavy atom. The van der Waals surface area contributed by atoms with Crippen molar-refractivity contribution in [3.63, 3.8) is 0 Å². The number of hydrazone groups is 1. The molecule has 0 spiro atoms. The first-order valence-corrected chi connectivity index (χ1v) is 9.43. The molecule has 1 aromatic heterocycles. The van der Waals surface area contributed by atoms with Crippen molar-refractivity contribution in [1.82, 2.24) is 15.0 Å². The highest BCUT2D eigenvalue weighted by Crippen LogP contribution is 2.30. The molecule has 8 nitrogen and oxygen atoms in total. The number of H-pyrrole nitrogens is 1. The van der Waals surface area contributed by atoms with E-state index in [1.807, 2.05) is 6.92 Å². The van der Waals surface area contributed by atoms with E-state index in [0.717, 1.165) is 44.9 Å². The SMILES string of the molecule is CCCCC(=O)N/N=C(/CC)c1c(O)n(C2CCCCC2)c(=O)[nH]c1=O. The number of rotatable bonds is 7. The van der Waals surface area contributed by atoms with Crippen LogP contribution >= 0.6 is 0 Å². The number of aromatic hydroxyl groups is 1. The second kappa shape index (κ2) is 9.35. The Hall–Kier alpha value is -2.38. The van der Waals surface area contributed by atoms with Gasteiger partial charge in [-0.1, -0.05) is 39.5 Å². The van der Waals surface area contributed by atoms with Gasteiger partial charge in [-0.3, -0.25) is 19.1 Å². The number of nitrogens with one attached hydrogen (secondary N) is 2. The van der Waals surface area contributed by atoms with Gasteiger partial charge in [0.25, 0.3) is 5.56 Å². The van der Waals surface area contributed by atoms with Crippen LogP contribution in [0.15, 0.2) is 14.7 Å². The van der Waals surface area contributed by atoms with Crippen molar-refractivity contribution in [3.05, 3.63) is 26.4 Å². The van der Waals surface area contributed by atoms with Crippen LogP contribution in [0.4, 0.5) is 0 Å². The maximum atomic E-state index is 12.3. The third kappa shape index (κ3) is 4.62. The van der Waals surface area contributed by atoms with E-state index in [1.54, 1.807) is 6.92 Å². The minimum Gasteiger partial charge on any atom is -0.494 e. The van der Waals surface area contributed by atoms with Crippen LogP contribution in [0.25, 0.3) is 0 Å². The zero-order valence-electron chi connectivity index (χ0n) is 15.5. The van der Waals surface area contributed by atoms with Crippen LogP contribution in [-0.2, 0) is 4.79 Å². The van der Waals surface area contributed by atoms with Crippen molar-refractivity contribution < 1.29 is 9.90 Å². The number of nitrogens with zero attached hydrogens (tertiary/aromatic N) is 2. The van der Waals surface area contributed by atoms with Crippen LogP contribution in [-0.4, -0.2) is 26.3 Å². The number of carbonyl (C=O) groups is 1. The number of hydrogen-bond acceptors (Lipinski definition) is 5. The molecule has 0 aromatic carbocycles. The van der Waals surface area contributed by atoms with Crippen LogP contribution < -0.4 is 16.7 Å². The monoisotopic (exact) mass is 364 g/mol. The van der Waals surface area contributed by atoms with Gasteiger partial charge in [-0.2, -0.15) is 5.10 Å². The van der Waals surface area contributed by atoms with E-state index in [4.69, 9.17) is 0 Å². The third-order valence-corrected chi connectivity index (χ3v) is 4.75. The van der Waals surface area contributed by atoms with Gasteiger partial charge >= 0.3 is 5.69 Å². The standard InChI is InChI=1S/C18H28N4O4/c1-3-5-11-14(23)21-20-13(4-2)15-16(24)19-18(26)22(17(15)25)12-9-7-6-8-10-12/h12,25H,3-11H2,1-2H3,(H,21,23)(H,19,24,26)/b20-13-. The molecule has 0 atom stereocenters. The molecular formula is C18H28N4O4. The highest BCUT2D eigenvalue weighted by atomic mass is 16.3. The maximum Gasteiger partial charge on any atom is 0.331 e. The topological polar surface area (TPSA) is 117 Å². The summed E-state index contributed by atoms with van der Waals surface area (Å²) in [5.74, 6) is -0.608. The van der Waals surface area contributed by atoms with Gasteiger partial charge in [0.05, 0.1) is 5.71 Å². The Morgan fingerprint density at radius 3 is 2.58 bits per heavy atom. The summed E-state index contributed by atoms with van der Waals surface area (Å²) < 4.78 is 1.26. The van der Waals surface area contributed by atoms with Gasteiger partial charge in [0.1, 0.15) is 5.56 Å². The van der Waals surface area contributed by atoms with E-state index in [2.05, 4.69) is 15.5 Å². The minimum atomic E-state index is -0.692. The summed E-state index contributed by atoms with van der Waals surface area (Å²) in [6.45, 7) is 3.76. The second-order valence-corrected chi connectivity index (χ2v) is 6.67. The highest BCUT2D eigenvalue weighted by Gasteiger charge is 2.24. The summed E-state index contributed by atoms with van der Waals surface area (Å²) in [6, 6.07) is -0.135. The fraction of sp³-hybridized carbons (Fsp3) is 0.667. The lowest BCUT2D eigenvalue weighted by Gasteiger charge is -2.25. The molecule has 1 saturated carbocycles. The molecule has 144 valence electrons. The lowest BCUT2D eigenvalue weighted by Crippen LogP contribution is -2.37. The zero-order valence-corrected chi connectivity index (χ0v) is 15.5. The maximum absolute atomic E-state index is 12.3. The van der Waals surface area contributed by atoms with E-state index in [9.17, 15) is 19.5 Å². The molecule has 1 amide bonds. The molecule has 1 aliphatic carbocycles. The molecule has 1 aliphatic rings. The smallest absolute Gasteiger partial charge is 0.331 e. The van der Waals surface area contributed by atoms with Crippen molar-refractivity contribution in [2.24, 2.45) is 5.10 Å². The van der Waals surface area contributed by atoms with Gasteiger partial charge in [-0.15, -0.1) is 0 Å². The van der Waals surface area contributed by atoms with E-state index < -0.39 is 11.2 Å². The molecule has 0 bridgehead atoms. The summed E-state index contributed by atoms with van der Waals surface area (Å²) in [5.41, 5.74) is 1.34. The highest BCUT2D eigenvalue weighted by molar-refractivity contribution is 6.02. The summed E-state index contributed by atoms with van der Waals surface area (Å²) in [6.07, 6.45) is 6.95. The molecule has 8 heteroatoms. The van der Waals surface area contributed by atoms with Crippen molar-refractivity contribution in [1.29, 1.82) is 0 Å². The number of amides is 1. The second-order valence-electron chi connectivity index (χ2n) is 6.67. The first-order valence-electron chi connectivity index (χ1n) is 9.43. The van der Waals surface area contributed by atoms with Crippen LogP contribution in [0.2, 0.25) is 0 Å². The van der Waals surface area contributed by atoms with E-state index in [1.165, 1.54) is 4.57 Å². The predicted octanol–water partition coefficient (Wildman–Crippen LogP) is 2.17. The Bertz CT molecular complexity index is 772. The Kier molecular flexibility index (Phi) is 7.17. The van der Waals surface area contributed by atoms with Gasteiger partial charge in [-0.05, 0) is 25.7 Å². The van der Waals surface area contributed by atoms with E-state index >= 15 is 0 Å². The summed E-state index contributed by atoms with van der Waals surface area (Å²) in [7, 11) is 0. The summed E-state index contributed by atoms with van der Waals surface area (Å²) in [5, 5.41) is 14.7. The molecule has 1 fully saturated rings. The average Bonchev–Trinajstić information content (AvgIpc) is 2.63. The van der Waals surface area contributed by atoms with Crippen LogP contribution in [0.5, 0.6) is 5.88 Å². The molecule has 0 aliphatic heterocycles. The fourth-order valence-corrected chi connectivity index (χ4v) is 3.31. The number of aromatic amines is 1. The van der Waals surface area contributed by atoms with Crippen LogP contribution in [0.3, 0.4) is 0 Å². The lowest BCUT2D eigenvalue weighted by molar-refractivity contribution is -0.121. The first kappa shape index (κ1) is 19.9. The number of carbonyl (C=O) groups excluding carboxylic acids is 1. The van der Waals surface area contributed by atoms with Gasteiger partial charge in [0.2, 0.25) is 11.8 Å². The van der Waals surface area contributed by atoms with Crippen LogP contribution in [0, 0.1) is 0 Å². The number of unbranched alkanes of at least 4 members (excludes halogenated alkanes) is 1. The average molecular weight is 364 g/mol. The van der Waals surface area contributed by atoms with E-state index in [-0.39, 0.29) is 29.1 Å². The predicted molar refractivity (Wildman–Crippen MR) is 99.6 cm³/mol. The zero-order chi connectivity index (χ0) is 19.1. The summed E-state index contributed by atoms with van der Waals surface area (Å²) >= 11 is 0. The summed E-state index contributed by atoms with van der Waals surface area (Å²) in [4.78, 5) is 38.6. The molecule has 1 aromatic rings. The van der Waals surface area contributed by atoms with E-state index in [0.29, 0.717) is 12.8 Å². The van der Waals surface area contributed by atoms with Crippen molar-refractivity contribution in [2.45, 2.75) is 77.7 Å². The molecule has 1 heterocycles. The van der Waals surface area contributed by atoms with Gasteiger partial charge in [0, 0.05) is 12.5 Å². The minimum absolute atomic E-state index is 0.0477. The Balaban J connectivity index is 2.38. The molecular weight excluding hydrogens is 336 g/mol. The normalized spacial score (nSPS) is 15.8.